The van der Waals surface area contributed by atoms with Crippen LogP contribution in [0.1, 0.15) is 208 Å². The summed E-state index contributed by atoms with van der Waals surface area (Å²) >= 11 is 0. The van der Waals surface area contributed by atoms with Gasteiger partial charge < -0.3 is 15.5 Å². The Hall–Kier alpha value is -2.04. The molecular weight excluding hydrogens is 1000 g/mol. The zero-order valence-corrected chi connectivity index (χ0v) is 48.9. The number of aliphatic hydroxyl groups excluding tert-OH is 2. The van der Waals surface area contributed by atoms with Gasteiger partial charge in [-0.1, -0.05) is 53.7 Å². The van der Waals surface area contributed by atoms with E-state index in [1.54, 1.807) is 0 Å². The average molecular weight is 1100 g/mol. The van der Waals surface area contributed by atoms with E-state index in [9.17, 15) is 46.2 Å². The van der Waals surface area contributed by atoms with E-state index < -0.39 is 26.0 Å². The van der Waals surface area contributed by atoms with Crippen molar-refractivity contribution in [2.24, 2.45) is 105 Å². The van der Waals surface area contributed by atoms with Crippen molar-refractivity contribution in [2.45, 2.75) is 221 Å². The maximum absolute atomic E-state index is 13.4. The Morgan fingerprint density at radius 3 is 1.41 bits per heavy atom. The SMILES string of the molecule is C[C@@H](CCC(=O)NCCS(=O)(=O)O)[C@H]1CC[C@@H]2[C@H]3[C@H](O)CC4C[C@@H](CC(=O)C/C=C\CC(=O)C[C@@H]5CC[C@@]6(C)C(C5)C[C@H](O)[C@H]5[C@@H]7CC[C@H]([C@@H](C)CCC(=O)CCCS(=O)(=O)O)[C@@]7(C)CC[C@@H]56)CC[C@@]4(C)[C@@H]3CC[C@]21C. The van der Waals surface area contributed by atoms with E-state index in [0.29, 0.717) is 110 Å². The summed E-state index contributed by atoms with van der Waals surface area (Å²) in [6.07, 6.45) is 24.3. The molecule has 0 heterocycles. The first-order valence-corrected chi connectivity index (χ1v) is 33.6. The predicted molar refractivity (Wildman–Crippen MR) is 295 cm³/mol. The van der Waals surface area contributed by atoms with Gasteiger partial charge in [-0.15, -0.1) is 0 Å². The molecule has 432 valence electrons. The third-order valence-electron chi connectivity index (χ3n) is 24.2. The molecule has 8 aliphatic carbocycles. The van der Waals surface area contributed by atoms with Crippen LogP contribution in [-0.2, 0) is 39.4 Å². The second kappa shape index (κ2) is 23.8. The first-order valence-electron chi connectivity index (χ1n) is 30.4. The summed E-state index contributed by atoms with van der Waals surface area (Å²) in [6, 6.07) is 0. The number of hydrogen-bond acceptors (Lipinski definition) is 10. The van der Waals surface area contributed by atoms with Gasteiger partial charge in [0.2, 0.25) is 5.91 Å². The van der Waals surface area contributed by atoms with Crippen molar-refractivity contribution in [1.29, 1.82) is 0 Å². The van der Waals surface area contributed by atoms with Crippen molar-refractivity contribution in [3.05, 3.63) is 12.2 Å². The summed E-state index contributed by atoms with van der Waals surface area (Å²) in [5.41, 5.74) is 0.533. The van der Waals surface area contributed by atoms with Crippen LogP contribution in [0.25, 0.3) is 0 Å². The number of rotatable bonds is 23. The molecule has 0 spiro atoms. The molecule has 8 saturated carbocycles. The summed E-state index contributed by atoms with van der Waals surface area (Å²) in [4.78, 5) is 52.0. The predicted octanol–water partition coefficient (Wildman–Crippen LogP) is 10.8. The van der Waals surface area contributed by atoms with Crippen LogP contribution in [0.5, 0.6) is 0 Å². The Morgan fingerprint density at radius 2 is 0.961 bits per heavy atom. The molecule has 5 N–H and O–H groups in total. The Bertz CT molecular complexity index is 2200. The van der Waals surface area contributed by atoms with Crippen molar-refractivity contribution in [3.8, 4) is 0 Å². The molecule has 15 heteroatoms. The smallest absolute Gasteiger partial charge is 0.266 e. The topological polar surface area (TPSA) is 230 Å². The van der Waals surface area contributed by atoms with Crippen LogP contribution in [-0.4, -0.2) is 89.7 Å². The van der Waals surface area contributed by atoms with Gasteiger partial charge in [0.15, 0.2) is 0 Å². The van der Waals surface area contributed by atoms with Gasteiger partial charge in [-0.2, -0.15) is 16.8 Å². The highest BCUT2D eigenvalue weighted by molar-refractivity contribution is 7.86. The third kappa shape index (κ3) is 13.0. The molecule has 0 aromatic carbocycles. The van der Waals surface area contributed by atoms with Gasteiger partial charge in [0.05, 0.1) is 23.7 Å². The van der Waals surface area contributed by atoms with Crippen LogP contribution >= 0.6 is 0 Å². The molecule has 8 rings (SSSR count). The second-order valence-corrected chi connectivity index (χ2v) is 31.4. The van der Waals surface area contributed by atoms with E-state index in [1.807, 2.05) is 12.2 Å². The summed E-state index contributed by atoms with van der Waals surface area (Å²) in [5, 5.41) is 26.6. The van der Waals surface area contributed by atoms with Crippen molar-refractivity contribution in [1.82, 2.24) is 5.32 Å². The Morgan fingerprint density at radius 1 is 0.539 bits per heavy atom. The minimum atomic E-state index is -4.12. The van der Waals surface area contributed by atoms with Gasteiger partial charge in [0.1, 0.15) is 17.3 Å². The summed E-state index contributed by atoms with van der Waals surface area (Å²) in [5.74, 6) is 4.93. The number of aliphatic hydroxyl groups is 2. The van der Waals surface area contributed by atoms with Crippen LogP contribution < -0.4 is 5.32 Å². The van der Waals surface area contributed by atoms with Crippen LogP contribution in [0, 0.1) is 105 Å². The lowest BCUT2D eigenvalue weighted by molar-refractivity contribution is -0.170. The van der Waals surface area contributed by atoms with Gasteiger partial charge in [-0.05, 0) is 227 Å². The summed E-state index contributed by atoms with van der Waals surface area (Å²) in [6.45, 7) is 14.3. The van der Waals surface area contributed by atoms with Gasteiger partial charge in [0, 0.05) is 51.5 Å². The van der Waals surface area contributed by atoms with Crippen molar-refractivity contribution in [3.63, 3.8) is 0 Å². The number of carbonyl (C=O) groups excluding carboxylic acids is 4. The first kappa shape index (κ1) is 60.1. The van der Waals surface area contributed by atoms with Crippen LogP contribution in [0.3, 0.4) is 0 Å². The fourth-order valence-electron chi connectivity index (χ4n) is 20.3. The minimum absolute atomic E-state index is 0.0588. The maximum atomic E-state index is 13.4. The van der Waals surface area contributed by atoms with Crippen molar-refractivity contribution < 1.29 is 55.3 Å². The molecule has 0 aromatic rings. The number of allylic oxidation sites excluding steroid dienone is 2. The zero-order chi connectivity index (χ0) is 55.2. The second-order valence-electron chi connectivity index (χ2n) is 28.3. The van der Waals surface area contributed by atoms with E-state index in [2.05, 4.69) is 46.9 Å². The van der Waals surface area contributed by atoms with E-state index >= 15 is 0 Å². The van der Waals surface area contributed by atoms with E-state index in [0.717, 1.165) is 116 Å². The number of hydrogen-bond donors (Lipinski definition) is 5. The zero-order valence-electron chi connectivity index (χ0n) is 47.3. The van der Waals surface area contributed by atoms with E-state index in [1.165, 1.54) is 0 Å². The lowest BCUT2D eigenvalue weighted by atomic mass is 9.43. The molecule has 8 fully saturated rings. The molecule has 0 radical (unpaired) electrons. The Labute approximate surface area is 457 Å². The normalized spacial score (nSPS) is 41.9. The highest BCUT2D eigenvalue weighted by Gasteiger charge is 2.65. The molecule has 0 aromatic heterocycles. The fraction of sp³-hybridized carbons (Fsp3) is 0.902. The lowest BCUT2D eigenvalue weighted by Gasteiger charge is -2.62. The van der Waals surface area contributed by atoms with Crippen molar-refractivity contribution >= 4 is 43.5 Å². The van der Waals surface area contributed by atoms with Crippen LogP contribution in [0.15, 0.2) is 12.2 Å². The molecular formula is C61H99NO12S2. The third-order valence-corrected chi connectivity index (χ3v) is 25.8. The molecule has 0 aliphatic heterocycles. The molecule has 0 saturated heterocycles. The fourth-order valence-corrected chi connectivity index (χ4v) is 21.2. The number of ketones is 3. The van der Waals surface area contributed by atoms with E-state index in [4.69, 9.17) is 9.11 Å². The molecule has 8 aliphatic rings. The summed E-state index contributed by atoms with van der Waals surface area (Å²) in [7, 11) is -8.18. The molecule has 0 bridgehead atoms. The van der Waals surface area contributed by atoms with E-state index in [-0.39, 0.29) is 94.1 Å². The molecule has 20 atom stereocenters. The Kier molecular flexibility index (Phi) is 18.8. The highest BCUT2D eigenvalue weighted by Crippen LogP contribution is 2.71. The lowest BCUT2D eigenvalue weighted by Crippen LogP contribution is -2.58. The molecule has 1 amide bonds. The van der Waals surface area contributed by atoms with Gasteiger partial charge in [0.25, 0.3) is 20.2 Å². The number of fused-ring (bicyclic) bond motifs is 10. The van der Waals surface area contributed by atoms with Crippen LogP contribution in [0.4, 0.5) is 0 Å². The molecule has 76 heavy (non-hydrogen) atoms. The number of amides is 1. The maximum Gasteiger partial charge on any atom is 0.266 e. The van der Waals surface area contributed by atoms with Gasteiger partial charge >= 0.3 is 0 Å². The monoisotopic (exact) mass is 1100 g/mol. The minimum Gasteiger partial charge on any atom is -0.393 e. The quantitative estimate of drug-likeness (QED) is 0.0475. The largest absolute Gasteiger partial charge is 0.393 e. The van der Waals surface area contributed by atoms with Gasteiger partial charge in [-0.25, -0.2) is 0 Å². The average Bonchev–Trinajstić information content (AvgIpc) is 3.88. The van der Waals surface area contributed by atoms with Gasteiger partial charge in [-0.3, -0.25) is 28.3 Å². The standard InChI is InChI=1S/C61H99NO12S2/c1-38(13-15-44(63)12-9-30-75(69,70)71)47-16-18-49-56-51(23-27-60(47,49)5)58(3)25-21-40(32-42(58)36-53(56)66)34-45(64)10-7-8-11-46(65)35-41-22-26-59(4)43(33-41)37-54(67)57-50-19-17-48(61(50,6)28-24-52(57)59)39(2)14-20-55(68)62-29-31-76(72,73)74/h7-8,38-43,47-54,56-57,66-67H,9-37H2,1-6H3,(H,62,68)(H,69,70,71)(H,72,73,74)/b8-7-/t38-,39-,40+,41-,42?,43?,47+,48+,49-,50+,51-,52+,53-,54+,56-,57+,58-,59+,60+,61-/m0/s1. The Balaban J connectivity index is 0.747. The van der Waals surface area contributed by atoms with Crippen LogP contribution in [0.2, 0.25) is 0 Å². The summed E-state index contributed by atoms with van der Waals surface area (Å²) < 4.78 is 62.4. The number of carbonyl (C=O) groups is 4. The number of nitrogens with one attached hydrogen (secondary N) is 1. The molecule has 13 nitrogen and oxygen atoms in total. The van der Waals surface area contributed by atoms with Crippen molar-refractivity contribution in [2.75, 3.05) is 18.1 Å². The highest BCUT2D eigenvalue weighted by atomic mass is 32.2. The number of Topliss-reactive ketones (excluding diaryl/α,β-unsaturated/α-hetero) is 3. The molecule has 2 unspecified atom stereocenters. The first-order chi connectivity index (χ1) is 35.6.